The van der Waals surface area contributed by atoms with Crippen LogP contribution in [0.2, 0.25) is 0 Å². The molecule has 2 rings (SSSR count). The van der Waals surface area contributed by atoms with E-state index in [1.54, 1.807) is 18.3 Å². The Morgan fingerprint density at radius 1 is 1.39 bits per heavy atom. The summed E-state index contributed by atoms with van der Waals surface area (Å²) in [7, 11) is 0. The number of rotatable bonds is 8. The molecule has 0 aliphatic carbocycles. The molecule has 0 aliphatic rings. The third-order valence-corrected chi connectivity index (χ3v) is 3.82. The van der Waals surface area contributed by atoms with Gasteiger partial charge in [-0.05, 0) is 30.4 Å². The first-order valence-corrected chi connectivity index (χ1v) is 7.85. The number of fused-ring (bicyclic) bond motifs is 1. The van der Waals surface area contributed by atoms with Crippen molar-refractivity contribution in [3.63, 3.8) is 0 Å². The fraction of sp³-hybridized carbons (Fsp3) is 0.562. The second kappa shape index (κ2) is 7.41. The molecule has 126 valence electrons. The van der Waals surface area contributed by atoms with Crippen molar-refractivity contribution in [3.8, 4) is 0 Å². The van der Waals surface area contributed by atoms with Gasteiger partial charge in [0, 0.05) is 25.8 Å². The molecule has 0 saturated carbocycles. The van der Waals surface area contributed by atoms with Gasteiger partial charge in [0.25, 0.3) is 0 Å². The van der Waals surface area contributed by atoms with Crippen LogP contribution in [0.4, 0.5) is 0 Å². The first-order valence-electron chi connectivity index (χ1n) is 7.85. The summed E-state index contributed by atoms with van der Waals surface area (Å²) in [5, 5.41) is 16.2. The van der Waals surface area contributed by atoms with Gasteiger partial charge in [-0.3, -0.25) is 9.20 Å². The first kappa shape index (κ1) is 17.2. The van der Waals surface area contributed by atoms with Crippen molar-refractivity contribution in [2.75, 3.05) is 13.2 Å². The third kappa shape index (κ3) is 4.66. The predicted octanol–water partition coefficient (Wildman–Crippen LogP) is 0.801. The molecule has 7 nitrogen and oxygen atoms in total. The smallest absolute Gasteiger partial charge is 0.350 e. The number of aliphatic hydroxyl groups excluding tert-OH is 1. The van der Waals surface area contributed by atoms with Crippen molar-refractivity contribution < 1.29 is 9.90 Å². The Kier molecular flexibility index (Phi) is 5.54. The number of nitrogens with zero attached hydrogens (tertiary/aromatic N) is 3. The van der Waals surface area contributed by atoms with Gasteiger partial charge in [0.2, 0.25) is 5.91 Å². The largest absolute Gasteiger partial charge is 0.396 e. The topological polar surface area (TPSA) is 88.6 Å². The number of hydrogen-bond donors (Lipinski definition) is 2. The first-order chi connectivity index (χ1) is 10.9. The monoisotopic (exact) mass is 320 g/mol. The molecule has 0 radical (unpaired) electrons. The Bertz CT molecular complexity index is 717. The minimum Gasteiger partial charge on any atom is -0.396 e. The lowest BCUT2D eigenvalue weighted by molar-refractivity contribution is -0.121. The molecule has 2 aromatic rings. The Morgan fingerprint density at radius 3 is 2.87 bits per heavy atom. The zero-order chi connectivity index (χ0) is 16.9. The SMILES string of the molecule is CC(C)(CO)CCCNC(=O)CCn1nc2ccccn2c1=O. The van der Waals surface area contributed by atoms with Crippen molar-refractivity contribution >= 4 is 11.6 Å². The van der Waals surface area contributed by atoms with E-state index in [1.165, 1.54) is 9.08 Å². The van der Waals surface area contributed by atoms with E-state index >= 15 is 0 Å². The van der Waals surface area contributed by atoms with Crippen LogP contribution in [0.1, 0.15) is 33.1 Å². The van der Waals surface area contributed by atoms with E-state index in [9.17, 15) is 14.7 Å². The van der Waals surface area contributed by atoms with Gasteiger partial charge < -0.3 is 10.4 Å². The number of aromatic nitrogens is 3. The number of amides is 1. The average molecular weight is 320 g/mol. The lowest BCUT2D eigenvalue weighted by Crippen LogP contribution is -2.29. The molecule has 2 aromatic heterocycles. The number of carbonyl (C=O) groups excluding carboxylic acids is 1. The van der Waals surface area contributed by atoms with Gasteiger partial charge in [-0.1, -0.05) is 19.9 Å². The second-order valence-corrected chi connectivity index (χ2v) is 6.46. The fourth-order valence-corrected chi connectivity index (χ4v) is 2.28. The van der Waals surface area contributed by atoms with E-state index in [4.69, 9.17) is 0 Å². The van der Waals surface area contributed by atoms with Crippen molar-refractivity contribution in [1.82, 2.24) is 19.5 Å². The Labute approximate surface area is 134 Å². The number of pyridine rings is 1. The highest BCUT2D eigenvalue weighted by atomic mass is 16.3. The zero-order valence-corrected chi connectivity index (χ0v) is 13.7. The summed E-state index contributed by atoms with van der Waals surface area (Å²) >= 11 is 0. The Morgan fingerprint density at radius 2 is 2.17 bits per heavy atom. The van der Waals surface area contributed by atoms with E-state index in [0.29, 0.717) is 12.2 Å². The van der Waals surface area contributed by atoms with Crippen LogP contribution in [-0.4, -0.2) is 38.3 Å². The summed E-state index contributed by atoms with van der Waals surface area (Å²) in [6.07, 6.45) is 3.53. The highest BCUT2D eigenvalue weighted by Crippen LogP contribution is 2.20. The molecule has 0 aromatic carbocycles. The van der Waals surface area contributed by atoms with Crippen molar-refractivity contribution in [2.45, 2.75) is 39.7 Å². The average Bonchev–Trinajstić information content (AvgIpc) is 2.86. The lowest BCUT2D eigenvalue weighted by Gasteiger charge is -2.21. The molecular formula is C16H24N4O3. The van der Waals surface area contributed by atoms with Crippen LogP contribution in [0.15, 0.2) is 29.2 Å². The normalized spacial score (nSPS) is 11.8. The van der Waals surface area contributed by atoms with Crippen molar-refractivity contribution in [2.24, 2.45) is 5.41 Å². The molecule has 2 heterocycles. The Hall–Kier alpha value is -2.15. The van der Waals surface area contributed by atoms with E-state index in [0.717, 1.165) is 12.8 Å². The summed E-state index contributed by atoms with van der Waals surface area (Å²) in [5.74, 6) is -0.101. The van der Waals surface area contributed by atoms with Crippen LogP contribution in [0.3, 0.4) is 0 Å². The highest BCUT2D eigenvalue weighted by Gasteiger charge is 2.15. The van der Waals surface area contributed by atoms with Crippen molar-refractivity contribution in [1.29, 1.82) is 0 Å². The molecule has 2 N–H and O–H groups in total. The van der Waals surface area contributed by atoms with Gasteiger partial charge in [0.1, 0.15) is 0 Å². The number of aryl methyl sites for hydroxylation is 1. The van der Waals surface area contributed by atoms with Gasteiger partial charge in [-0.25, -0.2) is 9.48 Å². The molecule has 0 aliphatic heterocycles. The van der Waals surface area contributed by atoms with Gasteiger partial charge in [-0.2, -0.15) is 0 Å². The molecule has 0 saturated heterocycles. The van der Waals surface area contributed by atoms with Gasteiger partial charge in [0.05, 0.1) is 6.54 Å². The quantitative estimate of drug-likeness (QED) is 0.704. The van der Waals surface area contributed by atoms with Crippen LogP contribution in [0.25, 0.3) is 5.65 Å². The summed E-state index contributed by atoms with van der Waals surface area (Å²) in [5.41, 5.74) is 0.219. The van der Waals surface area contributed by atoms with E-state index in [2.05, 4.69) is 10.4 Å². The van der Waals surface area contributed by atoms with Gasteiger partial charge in [0.15, 0.2) is 5.65 Å². The molecule has 23 heavy (non-hydrogen) atoms. The molecule has 7 heteroatoms. The summed E-state index contributed by atoms with van der Waals surface area (Å²) in [6, 6.07) is 5.33. The number of aliphatic hydroxyl groups is 1. The maximum absolute atomic E-state index is 12.1. The zero-order valence-electron chi connectivity index (χ0n) is 13.7. The molecule has 0 spiro atoms. The summed E-state index contributed by atoms with van der Waals surface area (Å²) in [4.78, 5) is 23.9. The maximum Gasteiger partial charge on any atom is 0.350 e. The van der Waals surface area contributed by atoms with Crippen LogP contribution >= 0.6 is 0 Å². The standard InChI is InChI=1S/C16H24N4O3/c1-16(2,12-21)8-5-9-17-14(22)7-11-20-15(23)19-10-4-3-6-13(19)18-20/h3-4,6,10,21H,5,7-9,11-12H2,1-2H3,(H,17,22). The van der Waals surface area contributed by atoms with E-state index in [1.807, 2.05) is 19.9 Å². The minimum atomic E-state index is -0.238. The van der Waals surface area contributed by atoms with Crippen molar-refractivity contribution in [3.05, 3.63) is 34.9 Å². The van der Waals surface area contributed by atoms with E-state index in [-0.39, 0.29) is 36.6 Å². The van der Waals surface area contributed by atoms with Crippen LogP contribution in [-0.2, 0) is 11.3 Å². The summed E-state index contributed by atoms with van der Waals surface area (Å²) in [6.45, 7) is 4.95. The highest BCUT2D eigenvalue weighted by molar-refractivity contribution is 5.75. The van der Waals surface area contributed by atoms with Gasteiger partial charge in [-0.15, -0.1) is 5.10 Å². The lowest BCUT2D eigenvalue weighted by atomic mass is 9.89. The fourth-order valence-electron chi connectivity index (χ4n) is 2.28. The molecule has 0 atom stereocenters. The molecule has 1 amide bonds. The van der Waals surface area contributed by atoms with Crippen LogP contribution in [0.5, 0.6) is 0 Å². The number of carbonyl (C=O) groups is 1. The van der Waals surface area contributed by atoms with E-state index < -0.39 is 0 Å². The molecule has 0 bridgehead atoms. The molecular weight excluding hydrogens is 296 g/mol. The summed E-state index contributed by atoms with van der Waals surface area (Å²) < 4.78 is 2.76. The molecule has 0 unspecified atom stereocenters. The van der Waals surface area contributed by atoms with Gasteiger partial charge >= 0.3 is 5.69 Å². The molecule has 0 fully saturated rings. The third-order valence-electron chi connectivity index (χ3n) is 3.82. The Balaban J connectivity index is 1.78. The maximum atomic E-state index is 12.1. The van der Waals surface area contributed by atoms with Crippen LogP contribution < -0.4 is 11.0 Å². The number of nitrogens with one attached hydrogen (secondary N) is 1. The predicted molar refractivity (Wildman–Crippen MR) is 87.2 cm³/mol. The number of hydrogen-bond acceptors (Lipinski definition) is 4. The second-order valence-electron chi connectivity index (χ2n) is 6.46. The minimum absolute atomic E-state index is 0.101. The van der Waals surface area contributed by atoms with Crippen LogP contribution in [0, 0.1) is 5.41 Å².